The molecule has 7 heteroatoms. The van der Waals surface area contributed by atoms with Crippen LogP contribution in [0.15, 0.2) is 133 Å². The largest absolute Gasteiger partial charge is 0.478 e. The predicted octanol–water partition coefficient (Wildman–Crippen LogP) is 6.80. The van der Waals surface area contributed by atoms with Crippen molar-refractivity contribution in [3.63, 3.8) is 0 Å². The molecule has 7 aromatic carbocycles. The second-order valence-electron chi connectivity index (χ2n) is 16.3. The average molecular weight is 709 g/mol. The molecule has 4 aliphatic rings. The number of hydrogen-bond donors (Lipinski definition) is 2. The number of carboxylic acids is 2. The first kappa shape index (κ1) is 31.9. The highest BCUT2D eigenvalue weighted by molar-refractivity contribution is 7.05. The molecule has 0 saturated heterocycles. The number of carboxylic acid groups (broad SMARTS) is 2. The van der Waals surface area contributed by atoms with Gasteiger partial charge in [0.05, 0.1) is 11.1 Å². The maximum atomic E-state index is 11.8. The molecule has 2 N–H and O–H groups in total. The Morgan fingerprint density at radius 3 is 1.67 bits per heavy atom. The van der Waals surface area contributed by atoms with E-state index in [0.29, 0.717) is 0 Å². The maximum Gasteiger partial charge on any atom is 0.335 e. The Balaban J connectivity index is 1.19. The van der Waals surface area contributed by atoms with Crippen molar-refractivity contribution in [2.45, 2.75) is 26.2 Å². The molecular weight excluding hydrogens is 676 g/mol. The highest BCUT2D eigenvalue weighted by Gasteiger charge is 2.50. The minimum absolute atomic E-state index is 0.0429. The summed E-state index contributed by atoms with van der Waals surface area (Å²) in [6.07, 6.45) is 0. The smallest absolute Gasteiger partial charge is 0.335 e. The van der Waals surface area contributed by atoms with Crippen LogP contribution in [0.4, 0.5) is 17.1 Å². The number of hydrogen-bond acceptors (Lipinski definition) is 3. The van der Waals surface area contributed by atoms with Crippen LogP contribution < -0.4 is 37.7 Å². The van der Waals surface area contributed by atoms with Crippen molar-refractivity contribution in [2.24, 2.45) is 0 Å². The molecule has 7 aromatic rings. The Hall–Kier alpha value is -6.59. The van der Waals surface area contributed by atoms with Gasteiger partial charge in [0.2, 0.25) is 13.4 Å². The van der Waals surface area contributed by atoms with E-state index in [0.717, 1.165) is 27.9 Å². The standard InChI is InChI=1S/C48H33B2NO4/c1-48(2,3)32-24-39-45-40(25-32)50-38-20-19-30(26-11-15-28(16-12-26)46(52)53)21-35(38)34-8-6-10-41(43(34)50)51(45)42-23-31(27-13-17-29(18-14-27)47(54)55)22-36-33-7-4-5-9-37(33)49(39)44(36)42/h4-25H,1-3H3,(H,52,53)(H,54,55). The molecule has 11 rings (SSSR count). The molecule has 0 aromatic heterocycles. The van der Waals surface area contributed by atoms with Gasteiger partial charge in [0.15, 0.2) is 0 Å². The van der Waals surface area contributed by atoms with E-state index < -0.39 is 11.9 Å². The van der Waals surface area contributed by atoms with Gasteiger partial charge < -0.3 is 15.1 Å². The molecule has 4 heterocycles. The SMILES string of the molecule is CC(C)(C)c1cc2c3c(c1)B1c4ccccc4-c4cc(-c5ccc(C(=O)O)cc5)cc(c41)N3c1cccc3c1B2c1ccc(-c2ccc(C(=O)O)cc2)cc1-3. The number of benzene rings is 7. The van der Waals surface area contributed by atoms with Gasteiger partial charge in [-0.2, -0.15) is 0 Å². The van der Waals surface area contributed by atoms with Crippen LogP contribution in [-0.2, 0) is 5.41 Å². The quantitative estimate of drug-likeness (QED) is 0.197. The normalized spacial score (nSPS) is 13.5. The van der Waals surface area contributed by atoms with E-state index in [1.165, 1.54) is 72.0 Å². The second-order valence-corrected chi connectivity index (χ2v) is 16.3. The Bertz CT molecular complexity index is 2870. The van der Waals surface area contributed by atoms with Gasteiger partial charge in [0.1, 0.15) is 0 Å². The van der Waals surface area contributed by atoms with Crippen LogP contribution >= 0.6 is 0 Å². The summed E-state index contributed by atoms with van der Waals surface area (Å²) in [5, 5.41) is 19.2. The fourth-order valence-electron chi connectivity index (χ4n) is 9.77. The lowest BCUT2D eigenvalue weighted by molar-refractivity contribution is 0.0686. The van der Waals surface area contributed by atoms with Crippen molar-refractivity contribution in [1.29, 1.82) is 0 Å². The first-order chi connectivity index (χ1) is 26.6. The highest BCUT2D eigenvalue weighted by Crippen LogP contribution is 2.46. The van der Waals surface area contributed by atoms with Crippen LogP contribution in [0, 0.1) is 0 Å². The Morgan fingerprint density at radius 2 is 1.04 bits per heavy atom. The number of carbonyl (C=O) groups is 2. The molecule has 4 aliphatic heterocycles. The van der Waals surface area contributed by atoms with Gasteiger partial charge in [-0.05, 0) is 126 Å². The van der Waals surface area contributed by atoms with Crippen LogP contribution in [0.25, 0.3) is 44.5 Å². The fraction of sp³-hybridized carbons (Fsp3) is 0.0833. The monoisotopic (exact) mass is 709 g/mol. The molecule has 0 atom stereocenters. The van der Waals surface area contributed by atoms with Gasteiger partial charge in [-0.15, -0.1) is 0 Å². The summed E-state index contributed by atoms with van der Waals surface area (Å²) >= 11 is 0. The van der Waals surface area contributed by atoms with Crippen molar-refractivity contribution in [3.05, 3.63) is 150 Å². The summed E-state index contributed by atoms with van der Waals surface area (Å²) in [5.41, 5.74) is 22.2. The van der Waals surface area contributed by atoms with Gasteiger partial charge in [-0.25, -0.2) is 9.59 Å². The first-order valence-electron chi connectivity index (χ1n) is 18.8. The van der Waals surface area contributed by atoms with E-state index in [1.54, 1.807) is 24.3 Å². The van der Waals surface area contributed by atoms with E-state index in [4.69, 9.17) is 0 Å². The van der Waals surface area contributed by atoms with E-state index in [1.807, 2.05) is 24.3 Å². The molecule has 260 valence electrons. The molecule has 0 fully saturated rings. The van der Waals surface area contributed by atoms with Crippen LogP contribution in [-0.4, -0.2) is 35.6 Å². The van der Waals surface area contributed by atoms with E-state index in [2.05, 4.69) is 111 Å². The molecule has 0 saturated carbocycles. The van der Waals surface area contributed by atoms with Crippen molar-refractivity contribution >= 4 is 75.2 Å². The Morgan fingerprint density at radius 1 is 0.491 bits per heavy atom. The van der Waals surface area contributed by atoms with Crippen molar-refractivity contribution in [3.8, 4) is 44.5 Å². The third-order valence-electron chi connectivity index (χ3n) is 12.3. The zero-order valence-electron chi connectivity index (χ0n) is 30.5. The van der Waals surface area contributed by atoms with Gasteiger partial charge >= 0.3 is 11.9 Å². The lowest BCUT2D eigenvalue weighted by Crippen LogP contribution is -2.63. The summed E-state index contributed by atoms with van der Waals surface area (Å²) in [7, 11) is 0. The number of rotatable bonds is 4. The van der Waals surface area contributed by atoms with E-state index in [9.17, 15) is 19.8 Å². The van der Waals surface area contributed by atoms with Crippen LogP contribution in [0.3, 0.4) is 0 Å². The molecule has 0 aliphatic carbocycles. The van der Waals surface area contributed by atoms with E-state index in [-0.39, 0.29) is 30.0 Å². The molecule has 55 heavy (non-hydrogen) atoms. The minimum Gasteiger partial charge on any atom is -0.478 e. The van der Waals surface area contributed by atoms with Crippen LogP contribution in [0.1, 0.15) is 47.1 Å². The van der Waals surface area contributed by atoms with E-state index >= 15 is 0 Å². The van der Waals surface area contributed by atoms with Gasteiger partial charge in [-0.1, -0.05) is 117 Å². The number of anilines is 3. The van der Waals surface area contributed by atoms with Crippen molar-refractivity contribution in [2.75, 3.05) is 4.90 Å². The molecule has 0 radical (unpaired) electrons. The van der Waals surface area contributed by atoms with Gasteiger partial charge in [0.25, 0.3) is 0 Å². The zero-order valence-corrected chi connectivity index (χ0v) is 30.5. The van der Waals surface area contributed by atoms with Gasteiger partial charge in [-0.3, -0.25) is 0 Å². The second kappa shape index (κ2) is 11.0. The number of fused-ring (bicyclic) bond motifs is 10. The molecular formula is C48H33B2NO4. The van der Waals surface area contributed by atoms with Crippen LogP contribution in [0.5, 0.6) is 0 Å². The molecule has 0 spiro atoms. The molecule has 0 unspecified atom stereocenters. The Kier molecular flexibility index (Phi) is 6.37. The molecule has 0 bridgehead atoms. The lowest BCUT2D eigenvalue weighted by Gasteiger charge is -2.43. The number of aromatic carboxylic acids is 2. The zero-order chi connectivity index (χ0) is 37.5. The van der Waals surface area contributed by atoms with Crippen molar-refractivity contribution in [1.82, 2.24) is 0 Å². The average Bonchev–Trinajstić information content (AvgIpc) is 3.71. The summed E-state index contributed by atoms with van der Waals surface area (Å²) in [4.78, 5) is 25.9. The third kappa shape index (κ3) is 4.38. The van der Waals surface area contributed by atoms with Crippen LogP contribution in [0.2, 0.25) is 0 Å². The Labute approximate surface area is 319 Å². The summed E-state index contributed by atoms with van der Waals surface area (Å²) < 4.78 is 0. The molecule has 5 nitrogen and oxygen atoms in total. The summed E-state index contributed by atoms with van der Waals surface area (Å²) in [5.74, 6) is -1.86. The highest BCUT2D eigenvalue weighted by atomic mass is 16.4. The summed E-state index contributed by atoms with van der Waals surface area (Å²) in [6.45, 7) is 7.02. The lowest BCUT2D eigenvalue weighted by atomic mass is 9.32. The maximum absolute atomic E-state index is 11.8. The first-order valence-corrected chi connectivity index (χ1v) is 18.8. The molecule has 0 amide bonds. The third-order valence-corrected chi connectivity index (χ3v) is 12.3. The predicted molar refractivity (Wildman–Crippen MR) is 225 cm³/mol. The fourth-order valence-corrected chi connectivity index (χ4v) is 9.77. The topological polar surface area (TPSA) is 77.8 Å². The number of nitrogens with zero attached hydrogens (tertiary/aromatic N) is 1. The summed E-state index contributed by atoms with van der Waals surface area (Å²) in [6, 6.07) is 46.2. The van der Waals surface area contributed by atoms with Crippen molar-refractivity contribution < 1.29 is 19.8 Å². The van der Waals surface area contributed by atoms with Gasteiger partial charge in [0, 0.05) is 17.1 Å². The minimum atomic E-state index is -0.934.